The summed E-state index contributed by atoms with van der Waals surface area (Å²) in [5.41, 5.74) is 6.81. The molecule has 110 valence electrons. The van der Waals surface area contributed by atoms with Crippen molar-refractivity contribution < 1.29 is 9.90 Å². The van der Waals surface area contributed by atoms with Crippen LogP contribution in [-0.2, 0) is 13.1 Å². The molecule has 1 aromatic carbocycles. The fourth-order valence-electron chi connectivity index (χ4n) is 2.03. The van der Waals surface area contributed by atoms with Crippen LogP contribution in [0.15, 0.2) is 24.3 Å². The fraction of sp³-hybridized carbons (Fsp3) is 0.500. The number of rotatable bonds is 6. The topological polar surface area (TPSA) is 69.8 Å². The van der Waals surface area contributed by atoms with Crippen LogP contribution in [0, 0.1) is 0 Å². The Morgan fingerprint density at radius 1 is 1.30 bits per heavy atom. The van der Waals surface area contributed by atoms with Crippen molar-refractivity contribution in [2.45, 2.75) is 38.4 Å². The number of hydrogen-bond donors (Lipinski definition) is 2. The summed E-state index contributed by atoms with van der Waals surface area (Å²) in [5.74, 6) is 0. The van der Waals surface area contributed by atoms with Crippen molar-refractivity contribution in [1.82, 2.24) is 9.21 Å². The standard InChI is InChI=1S/C14H21N3O2S/c1-2-3-8-17-13(18)16(14(19)20-17)10-12-6-4-11(9-15)5-7-12/h4-7,14,19H,2-3,8-10,15H2,1H3. The van der Waals surface area contributed by atoms with Gasteiger partial charge >= 0.3 is 6.03 Å². The van der Waals surface area contributed by atoms with Gasteiger partial charge in [0.2, 0.25) is 0 Å². The van der Waals surface area contributed by atoms with Crippen molar-refractivity contribution in [2.24, 2.45) is 5.73 Å². The average Bonchev–Trinajstić information content (AvgIpc) is 2.73. The zero-order chi connectivity index (χ0) is 14.5. The largest absolute Gasteiger partial charge is 0.363 e. The molecule has 0 aromatic heterocycles. The van der Waals surface area contributed by atoms with Gasteiger partial charge in [0, 0.05) is 25.0 Å². The summed E-state index contributed by atoms with van der Waals surface area (Å²) in [4.78, 5) is 13.7. The van der Waals surface area contributed by atoms with E-state index in [1.807, 2.05) is 24.3 Å². The lowest BCUT2D eigenvalue weighted by atomic mass is 10.1. The van der Waals surface area contributed by atoms with E-state index in [0.717, 1.165) is 24.0 Å². The maximum Gasteiger partial charge on any atom is 0.333 e. The van der Waals surface area contributed by atoms with E-state index in [1.165, 1.54) is 16.8 Å². The second kappa shape index (κ2) is 6.97. The van der Waals surface area contributed by atoms with E-state index in [-0.39, 0.29) is 6.03 Å². The molecule has 2 rings (SSSR count). The van der Waals surface area contributed by atoms with Crippen molar-refractivity contribution in [3.05, 3.63) is 35.4 Å². The van der Waals surface area contributed by atoms with Crippen molar-refractivity contribution in [1.29, 1.82) is 0 Å². The average molecular weight is 295 g/mol. The van der Waals surface area contributed by atoms with E-state index in [2.05, 4.69) is 6.92 Å². The molecule has 0 bridgehead atoms. The lowest BCUT2D eigenvalue weighted by molar-refractivity contribution is 0.0997. The molecule has 0 spiro atoms. The summed E-state index contributed by atoms with van der Waals surface area (Å²) in [5, 5.41) is 10.00. The van der Waals surface area contributed by atoms with Gasteiger partial charge in [0.15, 0.2) is 5.56 Å². The van der Waals surface area contributed by atoms with E-state index in [4.69, 9.17) is 5.73 Å². The van der Waals surface area contributed by atoms with Gasteiger partial charge < -0.3 is 10.8 Å². The Morgan fingerprint density at radius 2 is 1.95 bits per heavy atom. The van der Waals surface area contributed by atoms with Crippen LogP contribution < -0.4 is 5.73 Å². The summed E-state index contributed by atoms with van der Waals surface area (Å²) in [7, 11) is 0. The Kier molecular flexibility index (Phi) is 5.28. The fourth-order valence-corrected chi connectivity index (χ4v) is 2.96. The van der Waals surface area contributed by atoms with Crippen molar-refractivity contribution in [2.75, 3.05) is 6.54 Å². The van der Waals surface area contributed by atoms with Gasteiger partial charge in [0.1, 0.15) is 0 Å². The van der Waals surface area contributed by atoms with Crippen LogP contribution in [0.1, 0.15) is 30.9 Å². The summed E-state index contributed by atoms with van der Waals surface area (Å²) < 4.78 is 1.64. The Bertz CT molecular complexity index is 452. The second-order valence-corrected chi connectivity index (χ2v) is 5.89. The molecule has 1 saturated heterocycles. The number of nitrogens with two attached hydrogens (primary N) is 1. The molecule has 1 aromatic rings. The van der Waals surface area contributed by atoms with Gasteiger partial charge in [-0.05, 0) is 17.5 Å². The van der Waals surface area contributed by atoms with Gasteiger partial charge in [-0.2, -0.15) is 0 Å². The maximum absolute atomic E-state index is 12.2. The van der Waals surface area contributed by atoms with Crippen LogP contribution in [0.5, 0.6) is 0 Å². The number of aliphatic hydroxyl groups excluding tert-OH is 1. The molecule has 5 nitrogen and oxygen atoms in total. The third-order valence-electron chi connectivity index (χ3n) is 3.27. The molecular formula is C14H21N3O2S. The first-order chi connectivity index (χ1) is 9.65. The predicted octanol–water partition coefficient (Wildman–Crippen LogP) is 2.11. The highest BCUT2D eigenvalue weighted by Crippen LogP contribution is 2.30. The van der Waals surface area contributed by atoms with Gasteiger partial charge in [0.05, 0.1) is 6.54 Å². The van der Waals surface area contributed by atoms with E-state index in [0.29, 0.717) is 19.6 Å². The highest BCUT2D eigenvalue weighted by molar-refractivity contribution is 7.98. The van der Waals surface area contributed by atoms with Crippen molar-refractivity contribution in [3.8, 4) is 0 Å². The first-order valence-electron chi connectivity index (χ1n) is 6.86. The molecule has 20 heavy (non-hydrogen) atoms. The number of aliphatic hydroxyl groups is 1. The molecule has 1 aliphatic heterocycles. The van der Waals surface area contributed by atoms with Gasteiger partial charge in [-0.25, -0.2) is 4.79 Å². The molecule has 3 N–H and O–H groups in total. The zero-order valence-electron chi connectivity index (χ0n) is 11.7. The van der Waals surface area contributed by atoms with E-state index >= 15 is 0 Å². The van der Waals surface area contributed by atoms with E-state index in [1.54, 1.807) is 4.31 Å². The number of unbranched alkanes of at least 4 members (excludes halogenated alkanes) is 1. The number of urea groups is 1. The van der Waals surface area contributed by atoms with Crippen molar-refractivity contribution in [3.63, 3.8) is 0 Å². The lowest BCUT2D eigenvalue weighted by Gasteiger charge is -2.18. The number of benzene rings is 1. The van der Waals surface area contributed by atoms with Gasteiger partial charge in [-0.15, -0.1) is 0 Å². The molecule has 0 aliphatic carbocycles. The van der Waals surface area contributed by atoms with Gasteiger partial charge in [0.25, 0.3) is 0 Å². The Labute approximate surface area is 123 Å². The lowest BCUT2D eigenvalue weighted by Crippen LogP contribution is -2.34. The molecular weight excluding hydrogens is 274 g/mol. The first kappa shape index (κ1) is 15.2. The summed E-state index contributed by atoms with van der Waals surface area (Å²) in [6, 6.07) is 7.68. The highest BCUT2D eigenvalue weighted by atomic mass is 32.2. The molecule has 1 aliphatic rings. The van der Waals surface area contributed by atoms with E-state index < -0.39 is 5.56 Å². The maximum atomic E-state index is 12.2. The number of amides is 2. The Morgan fingerprint density at radius 3 is 2.55 bits per heavy atom. The number of carbonyl (C=O) groups excluding carboxylic acids is 1. The number of carbonyl (C=O) groups is 1. The quantitative estimate of drug-likeness (QED) is 0.789. The summed E-state index contributed by atoms with van der Waals surface area (Å²) >= 11 is 1.19. The predicted molar refractivity (Wildman–Crippen MR) is 80.5 cm³/mol. The minimum Gasteiger partial charge on any atom is -0.363 e. The highest BCUT2D eigenvalue weighted by Gasteiger charge is 2.36. The molecule has 1 heterocycles. The van der Waals surface area contributed by atoms with E-state index in [9.17, 15) is 9.90 Å². The number of nitrogens with zero attached hydrogens (tertiary/aromatic N) is 2. The molecule has 6 heteroatoms. The molecule has 0 radical (unpaired) electrons. The SMILES string of the molecule is CCCCN1SC(O)N(Cc2ccc(CN)cc2)C1=O. The molecule has 1 unspecified atom stereocenters. The zero-order valence-corrected chi connectivity index (χ0v) is 12.5. The third-order valence-corrected chi connectivity index (χ3v) is 4.31. The Hall–Kier alpha value is -1.24. The second-order valence-electron chi connectivity index (χ2n) is 4.82. The molecule has 0 saturated carbocycles. The number of hydrogen-bond acceptors (Lipinski definition) is 4. The van der Waals surface area contributed by atoms with Crippen LogP contribution >= 0.6 is 11.9 Å². The summed E-state index contributed by atoms with van der Waals surface area (Å²) in [6.45, 7) is 3.69. The molecule has 1 fully saturated rings. The smallest absolute Gasteiger partial charge is 0.333 e. The first-order valence-corrected chi connectivity index (χ1v) is 7.70. The monoisotopic (exact) mass is 295 g/mol. The van der Waals surface area contributed by atoms with Crippen LogP contribution in [0.4, 0.5) is 4.79 Å². The molecule has 2 amide bonds. The minimum atomic E-state index is -0.798. The molecule has 1 atom stereocenters. The van der Waals surface area contributed by atoms with Gasteiger partial charge in [-0.3, -0.25) is 9.21 Å². The van der Waals surface area contributed by atoms with Crippen molar-refractivity contribution >= 4 is 18.0 Å². The normalized spacial score (nSPS) is 18.9. The van der Waals surface area contributed by atoms with Crippen LogP contribution in [0.25, 0.3) is 0 Å². The third kappa shape index (κ3) is 3.45. The minimum absolute atomic E-state index is 0.112. The van der Waals surface area contributed by atoms with Gasteiger partial charge in [-0.1, -0.05) is 37.6 Å². The van der Waals surface area contributed by atoms with Crippen LogP contribution in [0.3, 0.4) is 0 Å². The Balaban J connectivity index is 1.99. The van der Waals surface area contributed by atoms with Crippen LogP contribution in [-0.4, -0.2) is 32.4 Å². The van der Waals surface area contributed by atoms with Crippen LogP contribution in [0.2, 0.25) is 0 Å². The summed E-state index contributed by atoms with van der Waals surface area (Å²) in [6.07, 6.45) is 1.98.